The molecule has 2 heterocycles. The van der Waals surface area contributed by atoms with Gasteiger partial charge in [0.1, 0.15) is 0 Å². The van der Waals surface area contributed by atoms with Gasteiger partial charge in [0.05, 0.1) is 18.4 Å². The van der Waals surface area contributed by atoms with Gasteiger partial charge in [-0.25, -0.2) is 18.5 Å². The van der Waals surface area contributed by atoms with Crippen LogP contribution in [0.25, 0.3) is 0 Å². The third kappa shape index (κ3) is 2.82. The van der Waals surface area contributed by atoms with Crippen molar-refractivity contribution in [1.29, 1.82) is 0 Å². The first-order valence-electron chi connectivity index (χ1n) is 5.71. The maximum absolute atomic E-state index is 11.2. The maximum Gasteiger partial charge on any atom is 0.249 e. The van der Waals surface area contributed by atoms with E-state index in [2.05, 4.69) is 11.9 Å². The number of nitrogens with two attached hydrogens (primary N) is 1. The predicted molar refractivity (Wildman–Crippen MR) is 70.3 cm³/mol. The van der Waals surface area contributed by atoms with Crippen molar-refractivity contribution in [3.63, 3.8) is 0 Å². The predicted octanol–water partition coefficient (Wildman–Crippen LogP) is 0.796. The van der Waals surface area contributed by atoms with E-state index in [4.69, 9.17) is 9.88 Å². The number of hydrogen-bond donors (Lipinski definition) is 1. The highest BCUT2D eigenvalue weighted by Crippen LogP contribution is 2.30. The van der Waals surface area contributed by atoms with E-state index in [0.29, 0.717) is 24.8 Å². The molecule has 2 rings (SSSR count). The zero-order valence-corrected chi connectivity index (χ0v) is 12.1. The number of aromatic nitrogens is 1. The average molecular weight is 291 g/mol. The molecule has 18 heavy (non-hydrogen) atoms. The van der Waals surface area contributed by atoms with Crippen molar-refractivity contribution in [3.05, 3.63) is 6.20 Å². The molecule has 6 nitrogen and oxygen atoms in total. The van der Waals surface area contributed by atoms with Crippen LogP contribution in [0.2, 0.25) is 0 Å². The van der Waals surface area contributed by atoms with E-state index >= 15 is 0 Å². The summed E-state index contributed by atoms with van der Waals surface area (Å²) in [5.41, 5.74) is -0.203. The molecule has 0 spiro atoms. The highest BCUT2D eigenvalue weighted by molar-refractivity contribution is 7.91. The summed E-state index contributed by atoms with van der Waals surface area (Å²) in [5.74, 6) is 0. The smallest absolute Gasteiger partial charge is 0.249 e. The Bertz CT molecular complexity index is 528. The second-order valence-electron chi connectivity index (χ2n) is 4.58. The quantitative estimate of drug-likeness (QED) is 0.890. The Hall–Kier alpha value is -0.700. The maximum atomic E-state index is 11.2. The fourth-order valence-corrected chi connectivity index (χ4v) is 3.40. The normalized spacial score (nSPS) is 25.4. The van der Waals surface area contributed by atoms with E-state index in [1.54, 1.807) is 0 Å². The zero-order chi connectivity index (χ0) is 13.4. The number of sulfonamides is 1. The molecule has 1 atom stereocenters. The minimum atomic E-state index is -3.66. The molecule has 0 aromatic carbocycles. The summed E-state index contributed by atoms with van der Waals surface area (Å²) in [7, 11) is -3.66. The molecule has 1 aliphatic heterocycles. The van der Waals surface area contributed by atoms with Gasteiger partial charge in [0, 0.05) is 13.1 Å². The minimum Gasteiger partial charge on any atom is -0.372 e. The summed E-state index contributed by atoms with van der Waals surface area (Å²) in [5, 5.41) is 5.76. The van der Waals surface area contributed by atoms with E-state index in [9.17, 15) is 8.42 Å². The van der Waals surface area contributed by atoms with E-state index in [0.717, 1.165) is 17.8 Å². The second kappa shape index (κ2) is 4.76. The Labute approximate surface area is 111 Å². The topological polar surface area (TPSA) is 85.5 Å². The monoisotopic (exact) mass is 291 g/mol. The lowest BCUT2D eigenvalue weighted by molar-refractivity contribution is -0.0441. The Morgan fingerprint density at radius 3 is 2.94 bits per heavy atom. The molecule has 1 aliphatic rings. The lowest BCUT2D eigenvalue weighted by Crippen LogP contribution is -2.49. The van der Waals surface area contributed by atoms with Crippen LogP contribution in [0, 0.1) is 0 Å². The number of thiazole rings is 1. The third-order valence-electron chi connectivity index (χ3n) is 3.11. The van der Waals surface area contributed by atoms with Gasteiger partial charge in [-0.15, -0.1) is 0 Å². The van der Waals surface area contributed by atoms with Gasteiger partial charge in [0.15, 0.2) is 9.34 Å². The van der Waals surface area contributed by atoms with Crippen LogP contribution in [-0.2, 0) is 14.8 Å². The van der Waals surface area contributed by atoms with Crippen LogP contribution in [0.5, 0.6) is 0 Å². The lowest BCUT2D eigenvalue weighted by atomic mass is 10.0. The van der Waals surface area contributed by atoms with Gasteiger partial charge in [-0.05, 0) is 13.3 Å². The Morgan fingerprint density at radius 1 is 1.67 bits per heavy atom. The fourth-order valence-electron chi connectivity index (χ4n) is 1.84. The molecule has 0 amide bonds. The van der Waals surface area contributed by atoms with E-state index in [1.165, 1.54) is 6.20 Å². The first kappa shape index (κ1) is 13.7. The summed E-state index contributed by atoms with van der Waals surface area (Å²) in [6.07, 6.45) is 2.21. The van der Waals surface area contributed by atoms with Crippen molar-refractivity contribution in [3.8, 4) is 0 Å². The van der Waals surface area contributed by atoms with Crippen LogP contribution in [0.15, 0.2) is 10.4 Å². The summed E-state index contributed by atoms with van der Waals surface area (Å²) in [4.78, 5) is 6.18. The molecule has 1 aromatic heterocycles. The molecular formula is C10H17N3O3S2. The number of nitrogens with zero attached hydrogens (tertiary/aromatic N) is 2. The van der Waals surface area contributed by atoms with E-state index in [1.807, 2.05) is 11.8 Å². The van der Waals surface area contributed by atoms with E-state index < -0.39 is 10.0 Å². The molecule has 1 fully saturated rings. The third-order valence-corrected chi connectivity index (χ3v) is 5.57. The highest BCUT2D eigenvalue weighted by Gasteiger charge is 2.31. The Kier molecular flexibility index (Phi) is 3.63. The molecule has 1 saturated heterocycles. The highest BCUT2D eigenvalue weighted by atomic mass is 32.2. The van der Waals surface area contributed by atoms with Crippen molar-refractivity contribution < 1.29 is 13.2 Å². The van der Waals surface area contributed by atoms with Crippen LogP contribution in [0.3, 0.4) is 0 Å². The van der Waals surface area contributed by atoms with Crippen molar-refractivity contribution in [1.82, 2.24) is 4.98 Å². The van der Waals surface area contributed by atoms with Crippen molar-refractivity contribution in [2.24, 2.45) is 5.14 Å². The van der Waals surface area contributed by atoms with Crippen LogP contribution >= 0.6 is 11.3 Å². The van der Waals surface area contributed by atoms with Crippen molar-refractivity contribution in [2.45, 2.75) is 30.1 Å². The minimum absolute atomic E-state index is 0.0993. The van der Waals surface area contributed by atoms with Gasteiger partial charge in [-0.2, -0.15) is 0 Å². The van der Waals surface area contributed by atoms with Gasteiger partial charge in [0.2, 0.25) is 10.0 Å². The van der Waals surface area contributed by atoms with Crippen LogP contribution < -0.4 is 10.0 Å². The number of primary sulfonamides is 1. The first-order chi connectivity index (χ1) is 8.34. The number of ether oxygens (including phenoxy) is 1. The standard InChI is InChI=1S/C10H17N3O3S2/c1-3-10(2)7-13(4-5-16-10)9-12-6-8(17-9)18(11,14)15/h6H,3-5,7H2,1-2H3,(H2,11,14,15). The zero-order valence-electron chi connectivity index (χ0n) is 10.4. The Balaban J connectivity index is 2.19. The molecule has 0 radical (unpaired) electrons. The van der Waals surface area contributed by atoms with Gasteiger partial charge in [0.25, 0.3) is 0 Å². The molecule has 0 saturated carbocycles. The van der Waals surface area contributed by atoms with Crippen LogP contribution in [0.4, 0.5) is 5.13 Å². The molecular weight excluding hydrogens is 274 g/mol. The molecule has 8 heteroatoms. The lowest BCUT2D eigenvalue weighted by Gasteiger charge is -2.39. The number of anilines is 1. The van der Waals surface area contributed by atoms with Crippen molar-refractivity contribution in [2.75, 3.05) is 24.6 Å². The molecule has 0 aliphatic carbocycles. The SMILES string of the molecule is CCC1(C)CN(c2ncc(S(N)(=O)=O)s2)CCO1. The van der Waals surface area contributed by atoms with Crippen LogP contribution in [0.1, 0.15) is 20.3 Å². The van der Waals surface area contributed by atoms with Gasteiger partial charge in [-0.1, -0.05) is 18.3 Å². The summed E-state index contributed by atoms with van der Waals surface area (Å²) in [6, 6.07) is 0. The molecule has 0 bridgehead atoms. The second-order valence-corrected chi connectivity index (χ2v) is 7.38. The first-order valence-corrected chi connectivity index (χ1v) is 8.08. The van der Waals surface area contributed by atoms with Crippen molar-refractivity contribution >= 4 is 26.5 Å². The summed E-state index contributed by atoms with van der Waals surface area (Å²) < 4.78 is 28.3. The molecule has 2 N–H and O–H groups in total. The molecule has 1 aromatic rings. The van der Waals surface area contributed by atoms with E-state index in [-0.39, 0.29) is 9.81 Å². The average Bonchev–Trinajstić information content (AvgIpc) is 2.78. The van der Waals surface area contributed by atoms with Gasteiger partial charge < -0.3 is 9.64 Å². The summed E-state index contributed by atoms with van der Waals surface area (Å²) in [6.45, 7) is 6.16. The largest absolute Gasteiger partial charge is 0.372 e. The van der Waals surface area contributed by atoms with Gasteiger partial charge in [-0.3, -0.25) is 0 Å². The number of rotatable bonds is 3. The Morgan fingerprint density at radius 2 is 2.39 bits per heavy atom. The van der Waals surface area contributed by atoms with Gasteiger partial charge >= 0.3 is 0 Å². The molecule has 102 valence electrons. The number of morpholine rings is 1. The summed E-state index contributed by atoms with van der Waals surface area (Å²) >= 11 is 1.10. The fraction of sp³-hybridized carbons (Fsp3) is 0.700. The van der Waals surface area contributed by atoms with Crippen LogP contribution in [-0.4, -0.2) is 38.7 Å². The molecule has 1 unspecified atom stereocenters. The number of hydrogen-bond acceptors (Lipinski definition) is 6.